The number of rotatable bonds is 7. The van der Waals surface area contributed by atoms with Gasteiger partial charge in [-0.15, -0.1) is 0 Å². The van der Waals surface area contributed by atoms with Crippen molar-refractivity contribution in [3.63, 3.8) is 0 Å². The van der Waals surface area contributed by atoms with Crippen LogP contribution in [-0.4, -0.2) is 48.2 Å². The number of nitrogens with one attached hydrogen (secondary N) is 1. The molecule has 3 N–H and O–H groups in total. The number of pyridine rings is 1. The van der Waals surface area contributed by atoms with E-state index >= 15 is 0 Å². The molecule has 1 fully saturated rings. The van der Waals surface area contributed by atoms with Crippen LogP contribution in [-0.2, 0) is 11.3 Å². The molecular weight excluding hydrogens is 328 g/mol. The van der Waals surface area contributed by atoms with Gasteiger partial charge in [-0.25, -0.2) is 4.98 Å². The van der Waals surface area contributed by atoms with Crippen molar-refractivity contribution in [1.29, 1.82) is 0 Å². The lowest BCUT2D eigenvalue weighted by atomic mass is 10.1. The van der Waals surface area contributed by atoms with Gasteiger partial charge in [-0.05, 0) is 38.4 Å². The summed E-state index contributed by atoms with van der Waals surface area (Å²) in [6.07, 6.45) is 5.51. The normalized spacial score (nSPS) is 15.3. The maximum Gasteiger partial charge on any atom is 0.126 e. The van der Waals surface area contributed by atoms with E-state index in [1.165, 1.54) is 25.9 Å². The smallest absolute Gasteiger partial charge is 0.126 e. The Morgan fingerprint density at radius 2 is 1.96 bits per heavy atom. The summed E-state index contributed by atoms with van der Waals surface area (Å²) in [6, 6.07) is 6.06. The van der Waals surface area contributed by atoms with E-state index in [0.717, 1.165) is 46.1 Å². The number of nitrogens with zero attached hydrogens (tertiary/aromatic N) is 2. The van der Waals surface area contributed by atoms with E-state index < -0.39 is 0 Å². The van der Waals surface area contributed by atoms with Crippen LogP contribution in [0.4, 0.5) is 5.82 Å². The van der Waals surface area contributed by atoms with Crippen molar-refractivity contribution in [3.8, 4) is 5.75 Å². The van der Waals surface area contributed by atoms with Crippen LogP contribution in [0, 0.1) is 0 Å². The number of nitrogen functional groups attached to an aromatic ring is 1. The van der Waals surface area contributed by atoms with E-state index in [-0.39, 0.29) is 0 Å². The van der Waals surface area contributed by atoms with Crippen molar-refractivity contribution in [1.82, 2.24) is 14.9 Å². The van der Waals surface area contributed by atoms with E-state index in [0.29, 0.717) is 19.0 Å². The first-order valence-electron chi connectivity index (χ1n) is 9.28. The minimum atomic E-state index is 0.513. The lowest BCUT2D eigenvalue weighted by Crippen LogP contribution is -2.22. The predicted octanol–water partition coefficient (Wildman–Crippen LogP) is 3.31. The average molecular weight is 354 g/mol. The van der Waals surface area contributed by atoms with Crippen LogP contribution in [0.15, 0.2) is 24.4 Å². The summed E-state index contributed by atoms with van der Waals surface area (Å²) in [4.78, 5) is 10.1. The lowest BCUT2D eigenvalue weighted by Gasteiger charge is -2.15. The Hall–Kier alpha value is -2.31. The van der Waals surface area contributed by atoms with Crippen molar-refractivity contribution in [2.45, 2.75) is 25.9 Å². The summed E-state index contributed by atoms with van der Waals surface area (Å²) in [6.45, 7) is 4.80. The summed E-state index contributed by atoms with van der Waals surface area (Å²) in [5.41, 5.74) is 8.88. The molecule has 1 aromatic carbocycles. The third kappa shape index (κ3) is 3.48. The highest BCUT2D eigenvalue weighted by molar-refractivity contribution is 6.08. The molecule has 0 aliphatic carbocycles. The van der Waals surface area contributed by atoms with E-state index in [4.69, 9.17) is 15.2 Å². The van der Waals surface area contributed by atoms with Crippen LogP contribution in [0.1, 0.15) is 24.8 Å². The molecule has 2 aromatic heterocycles. The fraction of sp³-hybridized carbons (Fsp3) is 0.450. The fourth-order valence-electron chi connectivity index (χ4n) is 3.76. The van der Waals surface area contributed by atoms with Gasteiger partial charge in [-0.2, -0.15) is 0 Å². The van der Waals surface area contributed by atoms with E-state index in [1.54, 1.807) is 7.11 Å². The molecule has 26 heavy (non-hydrogen) atoms. The van der Waals surface area contributed by atoms with Crippen LogP contribution in [0.25, 0.3) is 21.8 Å². The molecule has 6 nitrogen and oxygen atoms in total. The quantitative estimate of drug-likeness (QED) is 0.637. The number of H-pyrrole nitrogens is 1. The molecule has 0 unspecified atom stereocenters. The fourth-order valence-corrected chi connectivity index (χ4v) is 3.76. The number of methoxy groups -OCH3 is 1. The number of ether oxygens (including phenoxy) is 2. The van der Waals surface area contributed by atoms with E-state index in [9.17, 15) is 0 Å². The second-order valence-corrected chi connectivity index (χ2v) is 6.97. The summed E-state index contributed by atoms with van der Waals surface area (Å²) in [5, 5.41) is 2.18. The average Bonchev–Trinajstić information content (AvgIpc) is 3.25. The molecule has 3 heterocycles. The van der Waals surface area contributed by atoms with Gasteiger partial charge in [0.05, 0.1) is 24.2 Å². The highest BCUT2D eigenvalue weighted by Gasteiger charge is 2.13. The number of nitrogens with two attached hydrogens (primary N) is 1. The third-order valence-corrected chi connectivity index (χ3v) is 5.06. The minimum Gasteiger partial charge on any atom is -0.493 e. The monoisotopic (exact) mass is 354 g/mol. The van der Waals surface area contributed by atoms with E-state index in [2.05, 4.69) is 27.0 Å². The standard InChI is InChI=1S/C20H26N4O2/c1-25-13-14-9-15-16-12-22-20(21)11-18(16)23-17(15)10-19(14)26-8-4-7-24-5-2-3-6-24/h9-12,23H,2-8,13H2,1H3,(H2,21,22). The van der Waals surface area contributed by atoms with Crippen LogP contribution in [0.2, 0.25) is 0 Å². The Morgan fingerprint density at radius 1 is 1.15 bits per heavy atom. The molecule has 0 spiro atoms. The molecule has 1 aliphatic rings. The zero-order valence-electron chi connectivity index (χ0n) is 15.3. The molecule has 0 bridgehead atoms. The molecule has 4 rings (SSSR count). The van der Waals surface area contributed by atoms with Gasteiger partial charge < -0.3 is 25.1 Å². The molecule has 0 radical (unpaired) electrons. The zero-order chi connectivity index (χ0) is 17.9. The van der Waals surface area contributed by atoms with Crippen LogP contribution in [0.3, 0.4) is 0 Å². The highest BCUT2D eigenvalue weighted by Crippen LogP contribution is 2.32. The minimum absolute atomic E-state index is 0.513. The van der Waals surface area contributed by atoms with Gasteiger partial charge in [0.25, 0.3) is 0 Å². The number of likely N-dealkylation sites (tertiary alicyclic amines) is 1. The highest BCUT2D eigenvalue weighted by atomic mass is 16.5. The second-order valence-electron chi connectivity index (χ2n) is 6.97. The van der Waals surface area contributed by atoms with Crippen LogP contribution >= 0.6 is 0 Å². The second kappa shape index (κ2) is 7.51. The van der Waals surface area contributed by atoms with E-state index in [1.807, 2.05) is 12.3 Å². The summed E-state index contributed by atoms with van der Waals surface area (Å²) >= 11 is 0. The van der Waals surface area contributed by atoms with Crippen LogP contribution < -0.4 is 10.5 Å². The van der Waals surface area contributed by atoms with Gasteiger partial charge in [0.2, 0.25) is 0 Å². The number of benzene rings is 1. The number of aromatic amines is 1. The maximum atomic E-state index is 6.11. The molecular formula is C20H26N4O2. The first-order valence-corrected chi connectivity index (χ1v) is 9.28. The zero-order valence-corrected chi connectivity index (χ0v) is 15.3. The van der Waals surface area contributed by atoms with Gasteiger partial charge in [-0.3, -0.25) is 0 Å². The van der Waals surface area contributed by atoms with Crippen molar-refractivity contribution >= 4 is 27.6 Å². The first-order chi connectivity index (χ1) is 12.7. The Balaban J connectivity index is 1.55. The summed E-state index contributed by atoms with van der Waals surface area (Å²) < 4.78 is 11.5. The van der Waals surface area contributed by atoms with Crippen molar-refractivity contribution in [2.24, 2.45) is 0 Å². The third-order valence-electron chi connectivity index (χ3n) is 5.06. The van der Waals surface area contributed by atoms with Gasteiger partial charge in [0, 0.05) is 48.3 Å². The molecule has 0 atom stereocenters. The van der Waals surface area contributed by atoms with Crippen LogP contribution in [0.5, 0.6) is 5.75 Å². The topological polar surface area (TPSA) is 76.4 Å². The molecule has 6 heteroatoms. The Labute approximate surface area is 153 Å². The summed E-state index contributed by atoms with van der Waals surface area (Å²) in [7, 11) is 1.71. The van der Waals surface area contributed by atoms with Gasteiger partial charge in [-0.1, -0.05) is 0 Å². The first kappa shape index (κ1) is 17.1. The Bertz CT molecular complexity index is 900. The number of aromatic nitrogens is 2. The molecule has 0 saturated carbocycles. The van der Waals surface area contributed by atoms with Gasteiger partial charge in [0.1, 0.15) is 11.6 Å². The Kier molecular flexibility index (Phi) is 4.95. The molecule has 0 amide bonds. The van der Waals surface area contributed by atoms with Crippen molar-refractivity contribution < 1.29 is 9.47 Å². The molecule has 1 aliphatic heterocycles. The predicted molar refractivity (Wildman–Crippen MR) is 105 cm³/mol. The number of fused-ring (bicyclic) bond motifs is 3. The number of anilines is 1. The van der Waals surface area contributed by atoms with Gasteiger partial charge in [0.15, 0.2) is 0 Å². The SMILES string of the molecule is COCc1cc2c(cc1OCCCN1CCCC1)[nH]c1cc(N)ncc12. The van der Waals surface area contributed by atoms with Crippen molar-refractivity contribution in [2.75, 3.05) is 39.1 Å². The molecule has 3 aromatic rings. The molecule has 1 saturated heterocycles. The van der Waals surface area contributed by atoms with Crippen molar-refractivity contribution in [3.05, 3.63) is 30.0 Å². The maximum absolute atomic E-state index is 6.11. The summed E-state index contributed by atoms with van der Waals surface area (Å²) in [5.74, 6) is 1.40. The molecule has 138 valence electrons. The largest absolute Gasteiger partial charge is 0.493 e. The van der Waals surface area contributed by atoms with Gasteiger partial charge >= 0.3 is 0 Å². The lowest BCUT2D eigenvalue weighted by molar-refractivity contribution is 0.179. The Morgan fingerprint density at radius 3 is 2.77 bits per heavy atom. The number of hydrogen-bond acceptors (Lipinski definition) is 5. The number of hydrogen-bond donors (Lipinski definition) is 2.